The summed E-state index contributed by atoms with van der Waals surface area (Å²) in [7, 11) is 0. The van der Waals surface area contributed by atoms with Crippen molar-refractivity contribution in [3.05, 3.63) is 59.8 Å². The summed E-state index contributed by atoms with van der Waals surface area (Å²) >= 11 is 0. The van der Waals surface area contributed by atoms with Gasteiger partial charge in [-0.2, -0.15) is 0 Å². The highest BCUT2D eigenvalue weighted by Crippen LogP contribution is 2.11. The van der Waals surface area contributed by atoms with Gasteiger partial charge in [-0.05, 0) is 38.1 Å². The maximum Gasteiger partial charge on any atom is 0.334 e. The Labute approximate surface area is 166 Å². The Bertz CT molecular complexity index is 559. The lowest BCUT2D eigenvalue weighted by Crippen LogP contribution is -2.15. The highest BCUT2D eigenvalue weighted by atomic mass is 16.5. The van der Waals surface area contributed by atoms with Crippen LogP contribution in [0.1, 0.15) is 64.9 Å². The molecule has 0 fully saturated rings. The van der Waals surface area contributed by atoms with E-state index in [1.54, 1.807) is 0 Å². The summed E-state index contributed by atoms with van der Waals surface area (Å²) in [5.74, 6) is -0.198. The summed E-state index contributed by atoms with van der Waals surface area (Å²) in [5.41, 5.74) is 1.83. The molecule has 0 saturated heterocycles. The summed E-state index contributed by atoms with van der Waals surface area (Å²) in [4.78, 5) is 14.8. The van der Waals surface area contributed by atoms with Gasteiger partial charge in [0.15, 0.2) is 0 Å². The second-order valence-electron chi connectivity index (χ2n) is 6.82. The van der Waals surface area contributed by atoms with Crippen molar-refractivity contribution >= 4 is 5.97 Å². The molecule has 0 heterocycles. The van der Waals surface area contributed by atoms with Gasteiger partial charge in [-0.25, -0.2) is 4.79 Å². The van der Waals surface area contributed by atoms with Crippen molar-refractivity contribution in [1.29, 1.82) is 0 Å². The zero-order valence-corrected chi connectivity index (χ0v) is 17.5. The fraction of sp³-hybridized carbons (Fsp3) is 0.542. The van der Waals surface area contributed by atoms with E-state index in [0.29, 0.717) is 18.6 Å². The van der Waals surface area contributed by atoms with Gasteiger partial charge in [0, 0.05) is 25.1 Å². The number of unbranched alkanes of at least 4 members (excludes halogenated alkanes) is 5. The van der Waals surface area contributed by atoms with Crippen molar-refractivity contribution < 1.29 is 9.53 Å². The van der Waals surface area contributed by atoms with Crippen LogP contribution < -0.4 is 0 Å². The van der Waals surface area contributed by atoms with E-state index in [-0.39, 0.29) is 5.97 Å². The monoisotopic (exact) mass is 371 g/mol. The average molecular weight is 372 g/mol. The number of hydrogen-bond acceptors (Lipinski definition) is 3. The molecule has 3 heteroatoms. The summed E-state index contributed by atoms with van der Waals surface area (Å²) in [6, 6.07) is 10.1. The van der Waals surface area contributed by atoms with Crippen molar-refractivity contribution in [3.8, 4) is 0 Å². The first-order valence-corrected chi connectivity index (χ1v) is 10.5. The van der Waals surface area contributed by atoms with Crippen LogP contribution in [0.5, 0.6) is 0 Å². The molecule has 0 spiro atoms. The van der Waals surface area contributed by atoms with E-state index in [9.17, 15) is 4.79 Å². The molecule has 0 saturated carbocycles. The maximum absolute atomic E-state index is 12.6. The van der Waals surface area contributed by atoms with E-state index in [4.69, 9.17) is 4.74 Å². The molecule has 0 aliphatic heterocycles. The molecule has 0 atom stereocenters. The molecule has 0 bridgehead atoms. The smallest absolute Gasteiger partial charge is 0.334 e. The first-order valence-electron chi connectivity index (χ1n) is 10.5. The van der Waals surface area contributed by atoms with Gasteiger partial charge in [0.05, 0.1) is 6.61 Å². The number of allylic oxidation sites excluding steroid dienone is 2. The van der Waals surface area contributed by atoms with Crippen molar-refractivity contribution in [2.45, 2.75) is 65.7 Å². The third kappa shape index (κ3) is 10.6. The van der Waals surface area contributed by atoms with E-state index in [0.717, 1.165) is 31.5 Å². The molecule has 0 aliphatic rings. The first-order chi connectivity index (χ1) is 13.2. The predicted molar refractivity (Wildman–Crippen MR) is 115 cm³/mol. The Kier molecular flexibility index (Phi) is 12.8. The standard InChI is InChI=1S/C24H37NO2/c1-4-7-8-9-10-14-20-27-24(26)23(18-15-19-25(5-2)6-3)21-22-16-12-11-13-17-22/h11-13,15-19H,4-10,14,20-21H2,1-3H3/b19-15+,23-18+. The summed E-state index contributed by atoms with van der Waals surface area (Å²) in [6.45, 7) is 8.89. The van der Waals surface area contributed by atoms with Gasteiger partial charge in [-0.15, -0.1) is 0 Å². The van der Waals surface area contributed by atoms with Gasteiger partial charge < -0.3 is 9.64 Å². The number of nitrogens with zero attached hydrogens (tertiary/aromatic N) is 1. The SMILES string of the molecule is CCCCCCCCOC(=O)/C(=C/C=C/N(CC)CC)Cc1ccccc1. The molecule has 150 valence electrons. The molecular weight excluding hydrogens is 334 g/mol. The van der Waals surface area contributed by atoms with Crippen molar-refractivity contribution in [2.24, 2.45) is 0 Å². The van der Waals surface area contributed by atoms with Gasteiger partial charge in [-0.1, -0.05) is 75.4 Å². The van der Waals surface area contributed by atoms with Crippen molar-refractivity contribution in [2.75, 3.05) is 19.7 Å². The zero-order chi connectivity index (χ0) is 19.7. The molecule has 1 aromatic carbocycles. The van der Waals surface area contributed by atoms with Gasteiger partial charge in [0.25, 0.3) is 0 Å². The van der Waals surface area contributed by atoms with Crippen molar-refractivity contribution in [1.82, 2.24) is 4.90 Å². The third-order valence-electron chi connectivity index (χ3n) is 4.64. The molecule has 1 rings (SSSR count). The molecule has 0 aliphatic carbocycles. The van der Waals surface area contributed by atoms with Crippen LogP contribution in [0, 0.1) is 0 Å². The van der Waals surface area contributed by atoms with Gasteiger partial charge in [0.2, 0.25) is 0 Å². The van der Waals surface area contributed by atoms with E-state index in [1.807, 2.05) is 48.7 Å². The van der Waals surface area contributed by atoms with E-state index in [2.05, 4.69) is 25.7 Å². The lowest BCUT2D eigenvalue weighted by Gasteiger charge is -2.14. The average Bonchev–Trinajstić information content (AvgIpc) is 2.70. The summed E-state index contributed by atoms with van der Waals surface area (Å²) in [5, 5.41) is 0. The van der Waals surface area contributed by atoms with E-state index in [1.165, 1.54) is 25.7 Å². The van der Waals surface area contributed by atoms with Crippen LogP contribution in [0.3, 0.4) is 0 Å². The van der Waals surface area contributed by atoms with Crippen LogP contribution in [0.4, 0.5) is 0 Å². The Morgan fingerprint density at radius 3 is 2.30 bits per heavy atom. The third-order valence-corrected chi connectivity index (χ3v) is 4.64. The first kappa shape index (κ1) is 23.0. The quantitative estimate of drug-likeness (QED) is 0.176. The zero-order valence-electron chi connectivity index (χ0n) is 17.5. The Balaban J connectivity index is 2.60. The summed E-state index contributed by atoms with van der Waals surface area (Å²) < 4.78 is 5.54. The molecule has 0 N–H and O–H groups in total. The van der Waals surface area contributed by atoms with Crippen LogP contribution in [-0.4, -0.2) is 30.6 Å². The largest absolute Gasteiger partial charge is 0.462 e. The lowest BCUT2D eigenvalue weighted by molar-refractivity contribution is -0.139. The topological polar surface area (TPSA) is 29.5 Å². The van der Waals surface area contributed by atoms with Crippen molar-refractivity contribution in [3.63, 3.8) is 0 Å². The normalized spacial score (nSPS) is 11.7. The number of esters is 1. The Morgan fingerprint density at radius 1 is 0.963 bits per heavy atom. The van der Waals surface area contributed by atoms with Crippen LogP contribution in [0.25, 0.3) is 0 Å². The molecule has 3 nitrogen and oxygen atoms in total. The Morgan fingerprint density at radius 2 is 1.63 bits per heavy atom. The molecule has 0 amide bonds. The minimum Gasteiger partial charge on any atom is -0.462 e. The second kappa shape index (κ2) is 15.1. The number of carbonyl (C=O) groups is 1. The molecule has 0 aromatic heterocycles. The van der Waals surface area contributed by atoms with E-state index >= 15 is 0 Å². The maximum atomic E-state index is 12.6. The minimum absolute atomic E-state index is 0.198. The van der Waals surface area contributed by atoms with Crippen LogP contribution in [-0.2, 0) is 16.0 Å². The van der Waals surface area contributed by atoms with Gasteiger partial charge >= 0.3 is 5.97 Å². The van der Waals surface area contributed by atoms with Crippen LogP contribution in [0.2, 0.25) is 0 Å². The molecule has 0 unspecified atom stereocenters. The number of benzene rings is 1. The van der Waals surface area contributed by atoms with Gasteiger partial charge in [-0.3, -0.25) is 0 Å². The number of carbonyl (C=O) groups excluding carboxylic acids is 1. The molecule has 27 heavy (non-hydrogen) atoms. The Hall–Kier alpha value is -2.03. The molecular formula is C24H37NO2. The predicted octanol–water partition coefficient (Wildman–Crippen LogP) is 5.91. The number of hydrogen-bond donors (Lipinski definition) is 0. The number of ether oxygens (including phenoxy) is 1. The highest BCUT2D eigenvalue weighted by molar-refractivity contribution is 5.89. The molecule has 0 radical (unpaired) electrons. The molecule has 1 aromatic rings. The fourth-order valence-electron chi connectivity index (χ4n) is 2.87. The fourth-order valence-corrected chi connectivity index (χ4v) is 2.87. The van der Waals surface area contributed by atoms with Crippen LogP contribution >= 0.6 is 0 Å². The minimum atomic E-state index is -0.198. The van der Waals surface area contributed by atoms with Crippen LogP contribution in [0.15, 0.2) is 54.3 Å². The highest BCUT2D eigenvalue weighted by Gasteiger charge is 2.11. The van der Waals surface area contributed by atoms with E-state index < -0.39 is 0 Å². The van der Waals surface area contributed by atoms with Gasteiger partial charge in [0.1, 0.15) is 0 Å². The summed E-state index contributed by atoms with van der Waals surface area (Å²) in [6.07, 6.45) is 13.6. The second-order valence-corrected chi connectivity index (χ2v) is 6.82. The number of rotatable bonds is 14. The lowest BCUT2D eigenvalue weighted by atomic mass is 10.0.